The van der Waals surface area contributed by atoms with Gasteiger partial charge in [0.15, 0.2) is 0 Å². The van der Waals surface area contributed by atoms with Crippen molar-refractivity contribution in [2.75, 3.05) is 33.3 Å². The molecule has 1 atom stereocenters. The third-order valence-electron chi connectivity index (χ3n) is 3.33. The van der Waals surface area contributed by atoms with Gasteiger partial charge < -0.3 is 9.64 Å². The van der Waals surface area contributed by atoms with Gasteiger partial charge in [-0.25, -0.2) is 4.98 Å². The first kappa shape index (κ1) is 14.3. The molecule has 0 aromatic carbocycles. The summed E-state index contributed by atoms with van der Waals surface area (Å²) in [4.78, 5) is 19.9. The number of carbonyl (C=O) groups excluding carboxylic acids is 1. The average molecular weight is 328 g/mol. The lowest BCUT2D eigenvalue weighted by molar-refractivity contribution is -0.139. The second-order valence-electron chi connectivity index (χ2n) is 4.63. The highest BCUT2D eigenvalue weighted by molar-refractivity contribution is 9.10. The van der Waals surface area contributed by atoms with E-state index >= 15 is 0 Å². The predicted octanol–water partition coefficient (Wildman–Crippen LogP) is 1.39. The van der Waals surface area contributed by atoms with Gasteiger partial charge in [0, 0.05) is 43.4 Å². The summed E-state index contributed by atoms with van der Waals surface area (Å²) in [6.07, 6.45) is 1.71. The molecule has 1 aromatic heterocycles. The molecular weight excluding hydrogens is 310 g/mol. The van der Waals surface area contributed by atoms with Crippen molar-refractivity contribution >= 4 is 21.8 Å². The van der Waals surface area contributed by atoms with Gasteiger partial charge in [-0.1, -0.05) is 0 Å². The standard InChI is InChI=1S/C13H18BrN3O2/c1-10-13(18)16(2)5-6-17(10)7-8-19-12-4-3-11(14)9-15-12/h3-4,9-10H,5-8H2,1-2H3/t10-/m1/s1. The van der Waals surface area contributed by atoms with Gasteiger partial charge >= 0.3 is 0 Å². The van der Waals surface area contributed by atoms with E-state index in [1.807, 2.05) is 26.1 Å². The van der Waals surface area contributed by atoms with Gasteiger partial charge in [-0.3, -0.25) is 9.69 Å². The quantitative estimate of drug-likeness (QED) is 0.838. The third kappa shape index (κ3) is 3.67. The lowest BCUT2D eigenvalue weighted by atomic mass is 10.2. The third-order valence-corrected chi connectivity index (χ3v) is 3.80. The van der Waals surface area contributed by atoms with Crippen LogP contribution in [-0.4, -0.2) is 60.0 Å². The van der Waals surface area contributed by atoms with E-state index in [-0.39, 0.29) is 11.9 Å². The number of hydrogen-bond donors (Lipinski definition) is 0. The Morgan fingerprint density at radius 1 is 1.47 bits per heavy atom. The second kappa shape index (κ2) is 6.34. The lowest BCUT2D eigenvalue weighted by Gasteiger charge is -2.37. The molecule has 1 fully saturated rings. The average Bonchev–Trinajstić information content (AvgIpc) is 2.41. The zero-order valence-electron chi connectivity index (χ0n) is 11.2. The normalized spacial score (nSPS) is 20.7. The molecule has 1 aromatic rings. The van der Waals surface area contributed by atoms with Crippen LogP contribution in [0.2, 0.25) is 0 Å². The Labute approximate surface area is 121 Å². The summed E-state index contributed by atoms with van der Waals surface area (Å²) in [5, 5.41) is 0. The number of ether oxygens (including phenoxy) is 1. The number of likely N-dealkylation sites (N-methyl/N-ethyl adjacent to an activating group) is 1. The molecule has 0 radical (unpaired) electrons. The molecule has 104 valence electrons. The van der Waals surface area contributed by atoms with Crippen LogP contribution in [0.1, 0.15) is 6.92 Å². The van der Waals surface area contributed by atoms with Gasteiger partial charge in [0.05, 0.1) is 6.04 Å². The number of halogens is 1. The van der Waals surface area contributed by atoms with Crippen molar-refractivity contribution in [3.05, 3.63) is 22.8 Å². The molecular formula is C13H18BrN3O2. The van der Waals surface area contributed by atoms with Crippen LogP contribution in [0.25, 0.3) is 0 Å². The van der Waals surface area contributed by atoms with Crippen LogP contribution in [0.3, 0.4) is 0 Å². The Morgan fingerprint density at radius 2 is 2.26 bits per heavy atom. The smallest absolute Gasteiger partial charge is 0.239 e. The Balaban J connectivity index is 1.79. The number of amides is 1. The van der Waals surface area contributed by atoms with Crippen molar-refractivity contribution in [3.8, 4) is 5.88 Å². The highest BCUT2D eigenvalue weighted by Crippen LogP contribution is 2.13. The fourth-order valence-corrected chi connectivity index (χ4v) is 2.31. The largest absolute Gasteiger partial charge is 0.476 e. The molecule has 2 heterocycles. The van der Waals surface area contributed by atoms with Crippen LogP contribution in [-0.2, 0) is 4.79 Å². The highest BCUT2D eigenvalue weighted by Gasteiger charge is 2.28. The van der Waals surface area contributed by atoms with E-state index in [9.17, 15) is 4.79 Å². The van der Waals surface area contributed by atoms with Crippen molar-refractivity contribution in [2.24, 2.45) is 0 Å². The van der Waals surface area contributed by atoms with E-state index < -0.39 is 0 Å². The van der Waals surface area contributed by atoms with E-state index in [4.69, 9.17) is 4.74 Å². The molecule has 5 nitrogen and oxygen atoms in total. The minimum atomic E-state index is -0.0692. The number of nitrogens with zero attached hydrogens (tertiary/aromatic N) is 3. The van der Waals surface area contributed by atoms with Crippen LogP contribution in [0.5, 0.6) is 5.88 Å². The van der Waals surface area contributed by atoms with Crippen LogP contribution in [0.15, 0.2) is 22.8 Å². The van der Waals surface area contributed by atoms with E-state index in [0.29, 0.717) is 12.5 Å². The number of hydrogen-bond acceptors (Lipinski definition) is 4. The first-order chi connectivity index (χ1) is 9.08. The van der Waals surface area contributed by atoms with Crippen molar-refractivity contribution in [1.29, 1.82) is 0 Å². The summed E-state index contributed by atoms with van der Waals surface area (Å²) >= 11 is 3.33. The van der Waals surface area contributed by atoms with Gasteiger partial charge in [0.1, 0.15) is 6.61 Å². The summed E-state index contributed by atoms with van der Waals surface area (Å²) in [6, 6.07) is 3.65. The number of aromatic nitrogens is 1. The molecule has 1 aliphatic heterocycles. The van der Waals surface area contributed by atoms with Gasteiger partial charge in [-0.15, -0.1) is 0 Å². The fraction of sp³-hybridized carbons (Fsp3) is 0.538. The number of rotatable bonds is 4. The minimum Gasteiger partial charge on any atom is -0.476 e. The SMILES string of the molecule is C[C@@H]1C(=O)N(C)CCN1CCOc1ccc(Br)cn1. The number of pyridine rings is 1. The maximum atomic E-state index is 11.8. The van der Waals surface area contributed by atoms with E-state index in [2.05, 4.69) is 25.8 Å². The van der Waals surface area contributed by atoms with Gasteiger partial charge in [-0.05, 0) is 28.9 Å². The molecule has 1 saturated heterocycles. The van der Waals surface area contributed by atoms with E-state index in [1.165, 1.54) is 0 Å². The van der Waals surface area contributed by atoms with Gasteiger partial charge in [0.2, 0.25) is 11.8 Å². The predicted molar refractivity (Wildman–Crippen MR) is 76.1 cm³/mol. The van der Waals surface area contributed by atoms with Crippen molar-refractivity contribution in [3.63, 3.8) is 0 Å². The first-order valence-corrected chi connectivity index (χ1v) is 7.10. The topological polar surface area (TPSA) is 45.7 Å². The number of piperazine rings is 1. The fourth-order valence-electron chi connectivity index (χ4n) is 2.08. The molecule has 0 N–H and O–H groups in total. The van der Waals surface area contributed by atoms with Crippen molar-refractivity contribution in [2.45, 2.75) is 13.0 Å². The molecule has 2 rings (SSSR count). The molecule has 0 bridgehead atoms. The van der Waals surface area contributed by atoms with Crippen LogP contribution in [0.4, 0.5) is 0 Å². The molecule has 1 aliphatic rings. The Morgan fingerprint density at radius 3 is 2.95 bits per heavy atom. The van der Waals surface area contributed by atoms with Gasteiger partial charge in [-0.2, -0.15) is 0 Å². The van der Waals surface area contributed by atoms with Crippen LogP contribution in [0, 0.1) is 0 Å². The summed E-state index contributed by atoms with van der Waals surface area (Å²) < 4.78 is 6.50. The molecule has 0 spiro atoms. The lowest BCUT2D eigenvalue weighted by Crippen LogP contribution is -2.55. The molecule has 0 saturated carbocycles. The van der Waals surface area contributed by atoms with E-state index in [1.54, 1.807) is 11.1 Å². The van der Waals surface area contributed by atoms with Crippen molar-refractivity contribution < 1.29 is 9.53 Å². The molecule has 19 heavy (non-hydrogen) atoms. The summed E-state index contributed by atoms with van der Waals surface area (Å²) in [6.45, 7) is 4.88. The summed E-state index contributed by atoms with van der Waals surface area (Å²) in [5.41, 5.74) is 0. The second-order valence-corrected chi connectivity index (χ2v) is 5.55. The Kier molecular flexibility index (Phi) is 4.76. The Hall–Kier alpha value is -1.14. The summed E-state index contributed by atoms with van der Waals surface area (Å²) in [5.74, 6) is 0.782. The maximum Gasteiger partial charge on any atom is 0.239 e. The zero-order valence-corrected chi connectivity index (χ0v) is 12.8. The highest BCUT2D eigenvalue weighted by atomic mass is 79.9. The Bertz CT molecular complexity index is 438. The molecule has 6 heteroatoms. The number of carbonyl (C=O) groups is 1. The van der Waals surface area contributed by atoms with Crippen LogP contribution >= 0.6 is 15.9 Å². The minimum absolute atomic E-state index is 0.0692. The molecule has 1 amide bonds. The van der Waals surface area contributed by atoms with Crippen LogP contribution < -0.4 is 4.74 Å². The molecule has 0 aliphatic carbocycles. The van der Waals surface area contributed by atoms with Gasteiger partial charge in [0.25, 0.3) is 0 Å². The molecule has 0 unspecified atom stereocenters. The zero-order chi connectivity index (χ0) is 13.8. The van der Waals surface area contributed by atoms with E-state index in [0.717, 1.165) is 24.1 Å². The monoisotopic (exact) mass is 327 g/mol. The van der Waals surface area contributed by atoms with Crippen molar-refractivity contribution in [1.82, 2.24) is 14.8 Å². The maximum absolute atomic E-state index is 11.8. The first-order valence-electron chi connectivity index (χ1n) is 6.31. The summed E-state index contributed by atoms with van der Waals surface area (Å²) in [7, 11) is 1.85.